The molecule has 0 bridgehead atoms. The van der Waals surface area contributed by atoms with Gasteiger partial charge in [-0.1, -0.05) is 75.0 Å². The van der Waals surface area contributed by atoms with Gasteiger partial charge in [0.25, 0.3) is 10.0 Å². The van der Waals surface area contributed by atoms with Gasteiger partial charge in [0.05, 0.1) is 10.6 Å². The van der Waals surface area contributed by atoms with Crippen LogP contribution in [0.25, 0.3) is 17.1 Å². The maximum Gasteiger partial charge on any atom is 0.263 e. The first-order chi connectivity index (χ1) is 20.9. The SMILES string of the molecule is Cc1cc(NS(=O)(=O)c2ccc(NC(=O)CSc3nnc(-c4ccc(C(C)(C)C)cc4)n3-c3ccccc3)cc2)nc(C)n1. The molecule has 0 aliphatic heterocycles. The minimum absolute atomic E-state index is 0.0292. The Labute approximate surface area is 261 Å². The molecule has 0 aliphatic carbocycles. The maximum atomic E-state index is 12.9. The Hall–Kier alpha value is -4.55. The molecule has 2 N–H and O–H groups in total. The molecule has 0 atom stereocenters. The van der Waals surface area contributed by atoms with Crippen molar-refractivity contribution in [2.24, 2.45) is 0 Å². The van der Waals surface area contributed by atoms with Crippen molar-refractivity contribution in [1.29, 1.82) is 0 Å². The Morgan fingerprint density at radius 3 is 2.20 bits per heavy atom. The van der Waals surface area contributed by atoms with Crippen LogP contribution in [0.1, 0.15) is 37.9 Å². The molecule has 2 aromatic heterocycles. The second-order valence-electron chi connectivity index (χ2n) is 11.2. The molecular formula is C32H33N7O3S2. The second-order valence-corrected chi connectivity index (χ2v) is 13.8. The summed E-state index contributed by atoms with van der Waals surface area (Å²) in [5.74, 6) is 1.14. The zero-order valence-electron chi connectivity index (χ0n) is 25.1. The van der Waals surface area contributed by atoms with E-state index in [1.807, 2.05) is 47.0 Å². The molecule has 12 heteroatoms. The van der Waals surface area contributed by atoms with E-state index >= 15 is 0 Å². The normalized spacial score (nSPS) is 11.8. The van der Waals surface area contributed by atoms with E-state index in [0.717, 1.165) is 11.3 Å². The van der Waals surface area contributed by atoms with Gasteiger partial charge >= 0.3 is 0 Å². The quantitative estimate of drug-likeness (QED) is 0.186. The second kappa shape index (κ2) is 12.6. The molecule has 10 nitrogen and oxygen atoms in total. The van der Waals surface area contributed by atoms with Gasteiger partial charge in [-0.25, -0.2) is 18.4 Å². The summed E-state index contributed by atoms with van der Waals surface area (Å²) in [6.07, 6.45) is 0. The number of benzene rings is 3. The van der Waals surface area contributed by atoms with Crippen LogP contribution in [0.2, 0.25) is 0 Å². The number of carbonyl (C=O) groups is 1. The molecule has 2 heterocycles. The van der Waals surface area contributed by atoms with Gasteiger partial charge < -0.3 is 5.32 Å². The van der Waals surface area contributed by atoms with Crippen LogP contribution in [0, 0.1) is 13.8 Å². The van der Waals surface area contributed by atoms with Crippen LogP contribution < -0.4 is 10.0 Å². The molecule has 0 radical (unpaired) electrons. The van der Waals surface area contributed by atoms with Crippen molar-refractivity contribution in [3.05, 3.63) is 102 Å². The number of thioether (sulfide) groups is 1. The molecule has 1 amide bonds. The Kier molecular flexibility index (Phi) is 8.84. The number of aromatic nitrogens is 5. The summed E-state index contributed by atoms with van der Waals surface area (Å²) in [6.45, 7) is 9.97. The van der Waals surface area contributed by atoms with Crippen LogP contribution in [0.3, 0.4) is 0 Å². The van der Waals surface area contributed by atoms with Crippen LogP contribution in [0.4, 0.5) is 11.5 Å². The lowest BCUT2D eigenvalue weighted by atomic mass is 9.87. The van der Waals surface area contributed by atoms with Crippen LogP contribution in [-0.2, 0) is 20.2 Å². The van der Waals surface area contributed by atoms with Gasteiger partial charge in [-0.2, -0.15) is 0 Å². The Bertz CT molecular complexity index is 1860. The maximum absolute atomic E-state index is 12.9. The number of para-hydroxylation sites is 1. The molecule has 0 saturated heterocycles. The van der Waals surface area contributed by atoms with Gasteiger partial charge in [-0.05, 0) is 61.2 Å². The molecule has 226 valence electrons. The van der Waals surface area contributed by atoms with E-state index in [-0.39, 0.29) is 27.8 Å². The number of nitrogens with one attached hydrogen (secondary N) is 2. The number of aryl methyl sites for hydroxylation is 2. The number of amides is 1. The molecule has 5 rings (SSSR count). The first-order valence-corrected chi connectivity index (χ1v) is 16.4. The Balaban J connectivity index is 1.28. The molecular weight excluding hydrogens is 595 g/mol. The van der Waals surface area contributed by atoms with Crippen molar-refractivity contribution in [3.8, 4) is 17.1 Å². The van der Waals surface area contributed by atoms with Gasteiger partial charge in [-0.3, -0.25) is 14.1 Å². The van der Waals surface area contributed by atoms with Crippen LogP contribution >= 0.6 is 11.8 Å². The van der Waals surface area contributed by atoms with Crippen LogP contribution in [0.15, 0.2) is 95.0 Å². The first-order valence-electron chi connectivity index (χ1n) is 13.9. The number of hydrogen-bond acceptors (Lipinski definition) is 8. The Morgan fingerprint density at radius 2 is 1.57 bits per heavy atom. The molecule has 0 aliphatic rings. The van der Waals surface area contributed by atoms with Crippen molar-refractivity contribution in [2.45, 2.75) is 50.1 Å². The number of rotatable bonds is 9. The van der Waals surface area contributed by atoms with Crippen molar-refractivity contribution in [2.75, 3.05) is 15.8 Å². The summed E-state index contributed by atoms with van der Waals surface area (Å²) in [5, 5.41) is 12.3. The van der Waals surface area contributed by atoms with E-state index in [2.05, 4.69) is 63.1 Å². The fourth-order valence-corrected chi connectivity index (χ4v) is 6.23. The standard InChI is InChI=1S/C32H33N7O3S2/c1-21-19-28(34-22(2)33-21)38-44(41,42)27-17-15-25(16-18-27)35-29(40)20-43-31-37-36-30(39(31)26-9-7-6-8-10-26)23-11-13-24(14-12-23)32(3,4)5/h6-19H,20H2,1-5H3,(H,35,40)(H,33,34,38). The minimum Gasteiger partial charge on any atom is -0.325 e. The highest BCUT2D eigenvalue weighted by Crippen LogP contribution is 2.30. The smallest absolute Gasteiger partial charge is 0.263 e. The fraction of sp³-hybridized carbons (Fsp3) is 0.219. The van der Waals surface area contributed by atoms with Gasteiger partial charge in [-0.15, -0.1) is 10.2 Å². The lowest BCUT2D eigenvalue weighted by Gasteiger charge is -2.19. The van der Waals surface area contributed by atoms with E-state index in [9.17, 15) is 13.2 Å². The van der Waals surface area contributed by atoms with E-state index in [0.29, 0.717) is 28.2 Å². The van der Waals surface area contributed by atoms with Gasteiger partial charge in [0, 0.05) is 28.7 Å². The first kappa shape index (κ1) is 30.9. The largest absolute Gasteiger partial charge is 0.325 e. The highest BCUT2D eigenvalue weighted by atomic mass is 32.2. The zero-order chi connectivity index (χ0) is 31.5. The number of sulfonamides is 1. The van der Waals surface area contributed by atoms with Crippen LogP contribution in [-0.4, -0.2) is 44.8 Å². The van der Waals surface area contributed by atoms with Crippen molar-refractivity contribution in [1.82, 2.24) is 24.7 Å². The highest BCUT2D eigenvalue weighted by molar-refractivity contribution is 7.99. The highest BCUT2D eigenvalue weighted by Gasteiger charge is 2.20. The Morgan fingerprint density at radius 1 is 0.886 bits per heavy atom. The minimum atomic E-state index is -3.88. The lowest BCUT2D eigenvalue weighted by molar-refractivity contribution is -0.113. The number of anilines is 2. The average Bonchev–Trinajstić information content (AvgIpc) is 3.40. The predicted molar refractivity (Wildman–Crippen MR) is 174 cm³/mol. The van der Waals surface area contributed by atoms with Gasteiger partial charge in [0.2, 0.25) is 5.91 Å². The third kappa shape index (κ3) is 7.32. The summed E-state index contributed by atoms with van der Waals surface area (Å²) >= 11 is 1.26. The molecule has 44 heavy (non-hydrogen) atoms. The molecule has 0 unspecified atom stereocenters. The lowest BCUT2D eigenvalue weighted by Crippen LogP contribution is -2.16. The third-order valence-electron chi connectivity index (χ3n) is 6.64. The topological polar surface area (TPSA) is 132 Å². The van der Waals surface area contributed by atoms with Crippen LogP contribution in [0.5, 0.6) is 0 Å². The summed E-state index contributed by atoms with van der Waals surface area (Å²) in [6, 6.07) is 25.5. The fourth-order valence-electron chi connectivity index (χ4n) is 4.49. The molecule has 3 aromatic carbocycles. The van der Waals surface area contributed by atoms with E-state index in [4.69, 9.17) is 0 Å². The van der Waals surface area contributed by atoms with Gasteiger partial charge in [0.15, 0.2) is 11.0 Å². The third-order valence-corrected chi connectivity index (χ3v) is 8.94. The van der Waals surface area contributed by atoms with E-state index < -0.39 is 10.0 Å². The number of hydrogen-bond donors (Lipinski definition) is 2. The molecule has 0 saturated carbocycles. The molecule has 5 aromatic rings. The zero-order valence-corrected chi connectivity index (χ0v) is 26.7. The summed E-state index contributed by atoms with van der Waals surface area (Å²) < 4.78 is 30.1. The molecule has 0 fully saturated rings. The van der Waals surface area contributed by atoms with Crippen molar-refractivity contribution >= 4 is 39.2 Å². The summed E-state index contributed by atoms with van der Waals surface area (Å²) in [4.78, 5) is 21.2. The number of nitrogens with zero attached hydrogens (tertiary/aromatic N) is 5. The average molecular weight is 628 g/mol. The predicted octanol–water partition coefficient (Wildman–Crippen LogP) is 6.17. The monoisotopic (exact) mass is 627 g/mol. The number of carbonyl (C=O) groups excluding carboxylic acids is 1. The summed E-state index contributed by atoms with van der Waals surface area (Å²) in [5.41, 5.74) is 4.16. The summed E-state index contributed by atoms with van der Waals surface area (Å²) in [7, 11) is -3.88. The van der Waals surface area contributed by atoms with Crippen molar-refractivity contribution < 1.29 is 13.2 Å². The van der Waals surface area contributed by atoms with Gasteiger partial charge in [0.1, 0.15) is 11.6 Å². The molecule has 0 spiro atoms. The van der Waals surface area contributed by atoms with E-state index in [1.54, 1.807) is 32.0 Å². The van der Waals surface area contributed by atoms with E-state index in [1.165, 1.54) is 29.5 Å². The van der Waals surface area contributed by atoms with Crippen molar-refractivity contribution in [3.63, 3.8) is 0 Å².